The number of primary amides is 1. The molecule has 0 heterocycles. The Morgan fingerprint density at radius 1 is 1.46 bits per heavy atom. The molecule has 1 aromatic rings. The molecule has 0 aliphatic heterocycles. The Bertz CT molecular complexity index is 335. The van der Waals surface area contributed by atoms with Crippen molar-refractivity contribution in [2.24, 2.45) is 10.8 Å². The first-order valence-electron chi connectivity index (χ1n) is 3.63. The monoisotopic (exact) mass is 178 g/mol. The highest BCUT2D eigenvalue weighted by Crippen LogP contribution is 2.06. The number of hydrogen-bond donors (Lipinski definition) is 3. The third kappa shape index (κ3) is 2.82. The molecule has 5 nitrogen and oxygen atoms in total. The molecule has 1 aromatic carbocycles. The predicted octanol–water partition coefficient (Wildman–Crippen LogP) is 0.271. The minimum absolute atomic E-state index is 0.595. The van der Waals surface area contributed by atoms with Crippen LogP contribution < -0.4 is 16.9 Å². The molecule has 0 radical (unpaired) electrons. The Morgan fingerprint density at radius 2 is 2.15 bits per heavy atom. The van der Waals surface area contributed by atoms with Gasteiger partial charge in [-0.25, -0.2) is 10.2 Å². The van der Waals surface area contributed by atoms with E-state index in [0.29, 0.717) is 5.69 Å². The van der Waals surface area contributed by atoms with Crippen LogP contribution in [0.25, 0.3) is 0 Å². The minimum Gasteiger partial charge on any atom is -0.398 e. The van der Waals surface area contributed by atoms with E-state index in [1.54, 1.807) is 12.1 Å². The van der Waals surface area contributed by atoms with Crippen LogP contribution in [0.5, 0.6) is 0 Å². The first kappa shape index (κ1) is 9.05. The van der Waals surface area contributed by atoms with E-state index in [1.807, 2.05) is 12.1 Å². The topological polar surface area (TPSA) is 93.5 Å². The van der Waals surface area contributed by atoms with E-state index >= 15 is 0 Å². The fourth-order valence-corrected chi connectivity index (χ4v) is 0.794. The van der Waals surface area contributed by atoms with Crippen molar-refractivity contribution in [3.8, 4) is 0 Å². The molecule has 0 aromatic heterocycles. The number of carbonyl (C=O) groups excluding carboxylic acids is 1. The number of urea groups is 1. The zero-order valence-corrected chi connectivity index (χ0v) is 6.90. The summed E-state index contributed by atoms with van der Waals surface area (Å²) < 4.78 is 0. The van der Waals surface area contributed by atoms with Crippen molar-refractivity contribution in [1.29, 1.82) is 0 Å². The number of hydrazone groups is 1. The summed E-state index contributed by atoms with van der Waals surface area (Å²) in [7, 11) is 0. The van der Waals surface area contributed by atoms with Gasteiger partial charge in [-0.1, -0.05) is 18.2 Å². The van der Waals surface area contributed by atoms with Gasteiger partial charge in [0.1, 0.15) is 0 Å². The second-order valence-electron chi connectivity index (χ2n) is 2.36. The van der Waals surface area contributed by atoms with Gasteiger partial charge in [-0.3, -0.25) is 0 Å². The normalized spacial score (nSPS) is 10.2. The number of carbonyl (C=O) groups is 1. The van der Waals surface area contributed by atoms with Crippen LogP contribution in [0.3, 0.4) is 0 Å². The number of nitrogens with one attached hydrogen (secondary N) is 1. The van der Waals surface area contributed by atoms with Crippen LogP contribution in [0, 0.1) is 0 Å². The molecule has 0 atom stereocenters. The van der Waals surface area contributed by atoms with Gasteiger partial charge in [0.15, 0.2) is 0 Å². The fourth-order valence-electron chi connectivity index (χ4n) is 0.794. The molecular weight excluding hydrogens is 168 g/mol. The van der Waals surface area contributed by atoms with Crippen LogP contribution in [0.2, 0.25) is 0 Å². The van der Waals surface area contributed by atoms with Gasteiger partial charge in [0, 0.05) is 11.3 Å². The van der Waals surface area contributed by atoms with Gasteiger partial charge >= 0.3 is 6.03 Å². The second-order valence-corrected chi connectivity index (χ2v) is 2.36. The van der Waals surface area contributed by atoms with Crippen molar-refractivity contribution in [1.82, 2.24) is 5.43 Å². The first-order valence-corrected chi connectivity index (χ1v) is 3.63. The molecular formula is C8H10N4O. The summed E-state index contributed by atoms with van der Waals surface area (Å²) in [5.41, 5.74) is 13.8. The van der Waals surface area contributed by atoms with Crippen molar-refractivity contribution in [2.75, 3.05) is 5.73 Å². The van der Waals surface area contributed by atoms with Crippen LogP contribution in [-0.4, -0.2) is 12.2 Å². The van der Waals surface area contributed by atoms with E-state index < -0.39 is 6.03 Å². The van der Waals surface area contributed by atoms with Crippen LogP contribution in [-0.2, 0) is 0 Å². The average Bonchev–Trinajstić information content (AvgIpc) is 2.08. The standard InChI is InChI=1S/C8H10N4O/c9-7-4-2-1-3-6(7)5-11-12-8(10)13/h1-5H,9H2,(H3,10,12,13)/b11-5-. The van der Waals surface area contributed by atoms with Gasteiger partial charge < -0.3 is 11.5 Å². The number of hydrogen-bond acceptors (Lipinski definition) is 3. The molecule has 0 saturated heterocycles. The lowest BCUT2D eigenvalue weighted by Crippen LogP contribution is -2.24. The molecule has 0 spiro atoms. The van der Waals surface area contributed by atoms with E-state index in [1.165, 1.54) is 6.21 Å². The van der Waals surface area contributed by atoms with E-state index in [0.717, 1.165) is 5.56 Å². The quantitative estimate of drug-likeness (QED) is 0.344. The van der Waals surface area contributed by atoms with Crippen LogP contribution in [0.15, 0.2) is 29.4 Å². The highest BCUT2D eigenvalue weighted by Gasteiger charge is 1.92. The summed E-state index contributed by atoms with van der Waals surface area (Å²) in [6.45, 7) is 0. The summed E-state index contributed by atoms with van der Waals surface area (Å²) >= 11 is 0. The summed E-state index contributed by atoms with van der Waals surface area (Å²) in [5, 5.41) is 3.57. The lowest BCUT2D eigenvalue weighted by atomic mass is 10.2. The van der Waals surface area contributed by atoms with Crippen molar-refractivity contribution in [3.05, 3.63) is 29.8 Å². The molecule has 0 aliphatic rings. The SMILES string of the molecule is NC(=O)N/N=C\c1ccccc1N. The third-order valence-corrected chi connectivity index (χ3v) is 1.37. The molecule has 2 amide bonds. The highest BCUT2D eigenvalue weighted by molar-refractivity contribution is 5.87. The number of para-hydroxylation sites is 1. The average molecular weight is 178 g/mol. The molecule has 1 rings (SSSR count). The zero-order chi connectivity index (χ0) is 9.68. The van der Waals surface area contributed by atoms with E-state index in [-0.39, 0.29) is 0 Å². The zero-order valence-electron chi connectivity index (χ0n) is 6.90. The lowest BCUT2D eigenvalue weighted by Gasteiger charge is -1.97. The van der Waals surface area contributed by atoms with Crippen molar-refractivity contribution in [3.63, 3.8) is 0 Å². The molecule has 0 unspecified atom stereocenters. The van der Waals surface area contributed by atoms with Gasteiger partial charge in [0.2, 0.25) is 0 Å². The highest BCUT2D eigenvalue weighted by atomic mass is 16.2. The number of nitrogen functional groups attached to an aromatic ring is 1. The minimum atomic E-state index is -0.703. The van der Waals surface area contributed by atoms with Gasteiger partial charge in [-0.15, -0.1) is 0 Å². The van der Waals surface area contributed by atoms with Gasteiger partial charge in [0.25, 0.3) is 0 Å². The summed E-state index contributed by atoms with van der Waals surface area (Å²) in [6.07, 6.45) is 1.43. The molecule has 0 aliphatic carbocycles. The largest absolute Gasteiger partial charge is 0.398 e. The number of benzene rings is 1. The van der Waals surface area contributed by atoms with Gasteiger partial charge in [-0.2, -0.15) is 5.10 Å². The van der Waals surface area contributed by atoms with Crippen LogP contribution in [0.4, 0.5) is 10.5 Å². The van der Waals surface area contributed by atoms with Crippen molar-refractivity contribution >= 4 is 17.9 Å². The Balaban J connectivity index is 2.68. The summed E-state index contributed by atoms with van der Waals surface area (Å²) in [6, 6.07) is 6.45. The maximum atomic E-state index is 10.2. The Hall–Kier alpha value is -2.04. The molecule has 5 N–H and O–H groups in total. The maximum absolute atomic E-state index is 10.2. The third-order valence-electron chi connectivity index (χ3n) is 1.37. The van der Waals surface area contributed by atoms with Crippen LogP contribution >= 0.6 is 0 Å². The number of rotatable bonds is 2. The number of nitrogens with two attached hydrogens (primary N) is 2. The molecule has 0 saturated carbocycles. The van der Waals surface area contributed by atoms with Crippen molar-refractivity contribution < 1.29 is 4.79 Å². The summed E-state index contributed by atoms with van der Waals surface area (Å²) in [5.74, 6) is 0. The molecule has 68 valence electrons. The van der Waals surface area contributed by atoms with Gasteiger partial charge in [-0.05, 0) is 6.07 Å². The molecule has 0 bridgehead atoms. The van der Waals surface area contributed by atoms with Crippen LogP contribution in [0.1, 0.15) is 5.56 Å². The summed E-state index contributed by atoms with van der Waals surface area (Å²) in [4.78, 5) is 10.2. The maximum Gasteiger partial charge on any atom is 0.332 e. The first-order chi connectivity index (χ1) is 6.20. The van der Waals surface area contributed by atoms with E-state index in [4.69, 9.17) is 11.5 Å². The van der Waals surface area contributed by atoms with Crippen molar-refractivity contribution in [2.45, 2.75) is 0 Å². The Labute approximate surface area is 75.4 Å². The number of nitrogens with zero attached hydrogens (tertiary/aromatic N) is 1. The number of anilines is 1. The molecule has 0 fully saturated rings. The Morgan fingerprint density at radius 3 is 2.77 bits per heavy atom. The predicted molar refractivity (Wildman–Crippen MR) is 51.2 cm³/mol. The molecule has 13 heavy (non-hydrogen) atoms. The molecule has 5 heteroatoms. The van der Waals surface area contributed by atoms with E-state index in [9.17, 15) is 4.79 Å². The van der Waals surface area contributed by atoms with E-state index in [2.05, 4.69) is 10.5 Å². The fraction of sp³-hybridized carbons (Fsp3) is 0. The smallest absolute Gasteiger partial charge is 0.332 e. The second kappa shape index (κ2) is 4.10. The Kier molecular flexibility index (Phi) is 2.86. The number of amides is 2. The van der Waals surface area contributed by atoms with Gasteiger partial charge in [0.05, 0.1) is 6.21 Å². The lowest BCUT2D eigenvalue weighted by molar-refractivity contribution is 0.249.